The number of para-hydroxylation sites is 1. The zero-order chi connectivity index (χ0) is 20.4. The van der Waals surface area contributed by atoms with Crippen LogP contribution in [0.4, 0.5) is 0 Å². The number of rotatable bonds is 6. The van der Waals surface area contributed by atoms with Gasteiger partial charge in [-0.15, -0.1) is 0 Å². The first kappa shape index (κ1) is 20.2. The molecular weight excluding hydrogens is 366 g/mol. The van der Waals surface area contributed by atoms with Gasteiger partial charge in [-0.05, 0) is 51.2 Å². The SMILES string of the molecule is CC(C)N1C[C@H](Oc2ccccc2)[C@@H]1C1CCN(C(=O)CN2CCCC2=O)CC1. The van der Waals surface area contributed by atoms with Crippen LogP contribution in [0.5, 0.6) is 5.75 Å². The molecule has 0 spiro atoms. The molecule has 3 heterocycles. The van der Waals surface area contributed by atoms with Gasteiger partial charge in [0, 0.05) is 38.6 Å². The van der Waals surface area contributed by atoms with E-state index in [4.69, 9.17) is 4.74 Å². The number of hydrogen-bond donors (Lipinski definition) is 0. The van der Waals surface area contributed by atoms with Crippen molar-refractivity contribution in [3.8, 4) is 5.75 Å². The maximum atomic E-state index is 12.6. The lowest BCUT2D eigenvalue weighted by atomic mass is 9.79. The first-order valence-corrected chi connectivity index (χ1v) is 11.1. The van der Waals surface area contributed by atoms with E-state index >= 15 is 0 Å². The number of benzene rings is 1. The number of nitrogens with zero attached hydrogens (tertiary/aromatic N) is 3. The summed E-state index contributed by atoms with van der Waals surface area (Å²) in [5.41, 5.74) is 0. The molecule has 6 nitrogen and oxygen atoms in total. The van der Waals surface area contributed by atoms with Gasteiger partial charge in [0.05, 0.1) is 12.6 Å². The van der Waals surface area contributed by atoms with E-state index in [-0.39, 0.29) is 24.5 Å². The molecule has 29 heavy (non-hydrogen) atoms. The summed E-state index contributed by atoms with van der Waals surface area (Å²) in [4.78, 5) is 30.6. The molecule has 2 amide bonds. The number of carbonyl (C=O) groups is 2. The Balaban J connectivity index is 1.32. The van der Waals surface area contributed by atoms with E-state index < -0.39 is 0 Å². The molecule has 4 rings (SSSR count). The Hall–Kier alpha value is -2.08. The van der Waals surface area contributed by atoms with Gasteiger partial charge >= 0.3 is 0 Å². The fourth-order valence-corrected chi connectivity index (χ4v) is 5.05. The Labute approximate surface area is 173 Å². The Morgan fingerprint density at radius 3 is 2.48 bits per heavy atom. The molecule has 0 radical (unpaired) electrons. The molecule has 2 atom stereocenters. The van der Waals surface area contributed by atoms with Crippen molar-refractivity contribution in [1.82, 2.24) is 14.7 Å². The van der Waals surface area contributed by atoms with E-state index in [1.165, 1.54) is 0 Å². The molecule has 3 saturated heterocycles. The van der Waals surface area contributed by atoms with Gasteiger partial charge in [0.15, 0.2) is 0 Å². The molecule has 0 unspecified atom stereocenters. The number of carbonyl (C=O) groups excluding carboxylic acids is 2. The van der Waals surface area contributed by atoms with E-state index in [0.717, 1.165) is 51.2 Å². The van der Waals surface area contributed by atoms with Crippen LogP contribution in [0, 0.1) is 5.92 Å². The average Bonchev–Trinajstić information content (AvgIpc) is 3.10. The summed E-state index contributed by atoms with van der Waals surface area (Å²) in [5.74, 6) is 1.70. The topological polar surface area (TPSA) is 53.1 Å². The standard InChI is InChI=1S/C23H33N3O3/c1-17(2)26-15-20(29-19-7-4-3-5-8-19)23(26)18-10-13-24(14-11-18)22(28)16-25-12-6-9-21(25)27/h3-5,7-8,17-18,20,23H,6,9-16H2,1-2H3/t20-,23-/m0/s1. The van der Waals surface area contributed by atoms with E-state index in [2.05, 4.69) is 18.7 Å². The predicted molar refractivity (Wildman–Crippen MR) is 112 cm³/mol. The summed E-state index contributed by atoms with van der Waals surface area (Å²) >= 11 is 0. The van der Waals surface area contributed by atoms with E-state index in [9.17, 15) is 9.59 Å². The number of likely N-dealkylation sites (tertiary alicyclic amines) is 3. The van der Waals surface area contributed by atoms with Crippen LogP contribution in [0.1, 0.15) is 39.5 Å². The summed E-state index contributed by atoms with van der Waals surface area (Å²) in [6.45, 7) is 8.01. The fraction of sp³-hybridized carbons (Fsp3) is 0.652. The molecule has 3 aliphatic heterocycles. The maximum absolute atomic E-state index is 12.6. The first-order valence-electron chi connectivity index (χ1n) is 11.1. The summed E-state index contributed by atoms with van der Waals surface area (Å²) in [6, 6.07) is 11.0. The molecule has 1 aromatic rings. The maximum Gasteiger partial charge on any atom is 0.242 e. The van der Waals surface area contributed by atoms with Crippen molar-refractivity contribution < 1.29 is 14.3 Å². The third kappa shape index (κ3) is 4.42. The third-order valence-corrected chi connectivity index (χ3v) is 6.72. The van der Waals surface area contributed by atoms with Crippen LogP contribution in [0.25, 0.3) is 0 Å². The van der Waals surface area contributed by atoms with Gasteiger partial charge < -0.3 is 14.5 Å². The third-order valence-electron chi connectivity index (χ3n) is 6.72. The van der Waals surface area contributed by atoms with Crippen LogP contribution >= 0.6 is 0 Å². The summed E-state index contributed by atoms with van der Waals surface area (Å²) in [7, 11) is 0. The molecule has 6 heteroatoms. The van der Waals surface area contributed by atoms with Crippen molar-refractivity contribution in [3.05, 3.63) is 30.3 Å². The van der Waals surface area contributed by atoms with E-state index in [1.807, 2.05) is 35.2 Å². The quantitative estimate of drug-likeness (QED) is 0.737. The lowest BCUT2D eigenvalue weighted by molar-refractivity contribution is -0.141. The summed E-state index contributed by atoms with van der Waals surface area (Å²) in [5, 5.41) is 0. The molecule has 0 N–H and O–H groups in total. The van der Waals surface area contributed by atoms with Crippen molar-refractivity contribution >= 4 is 11.8 Å². The molecule has 0 aliphatic carbocycles. The average molecular weight is 400 g/mol. The second-order valence-electron chi connectivity index (χ2n) is 8.89. The van der Waals surface area contributed by atoms with Crippen LogP contribution in [-0.4, -0.2) is 77.4 Å². The van der Waals surface area contributed by atoms with Crippen LogP contribution in [0.3, 0.4) is 0 Å². The van der Waals surface area contributed by atoms with Crippen molar-refractivity contribution in [3.63, 3.8) is 0 Å². The molecule has 3 fully saturated rings. The van der Waals surface area contributed by atoms with E-state index in [0.29, 0.717) is 24.4 Å². The van der Waals surface area contributed by atoms with Gasteiger partial charge in [-0.25, -0.2) is 0 Å². The molecule has 1 aromatic carbocycles. The predicted octanol–water partition coefficient (Wildman–Crippen LogP) is 2.39. The molecule has 0 aromatic heterocycles. The van der Waals surface area contributed by atoms with Gasteiger partial charge in [0.2, 0.25) is 11.8 Å². The summed E-state index contributed by atoms with van der Waals surface area (Å²) in [6.07, 6.45) is 3.69. The monoisotopic (exact) mass is 399 g/mol. The van der Waals surface area contributed by atoms with Gasteiger partial charge in [-0.1, -0.05) is 18.2 Å². The smallest absolute Gasteiger partial charge is 0.242 e. The van der Waals surface area contributed by atoms with Crippen LogP contribution in [0.2, 0.25) is 0 Å². The second-order valence-corrected chi connectivity index (χ2v) is 8.89. The normalized spacial score (nSPS) is 26.1. The Kier molecular flexibility index (Phi) is 6.09. The van der Waals surface area contributed by atoms with Crippen molar-refractivity contribution in [2.45, 2.75) is 57.7 Å². The first-order chi connectivity index (χ1) is 14.0. The number of hydrogen-bond acceptors (Lipinski definition) is 4. The van der Waals surface area contributed by atoms with E-state index in [1.54, 1.807) is 4.90 Å². The summed E-state index contributed by atoms with van der Waals surface area (Å²) < 4.78 is 6.30. The largest absolute Gasteiger partial charge is 0.487 e. The molecule has 3 aliphatic rings. The van der Waals surface area contributed by atoms with Gasteiger partial charge in [0.1, 0.15) is 11.9 Å². The number of amides is 2. The minimum Gasteiger partial charge on any atom is -0.487 e. The highest BCUT2D eigenvalue weighted by Gasteiger charge is 2.47. The molecule has 0 bridgehead atoms. The van der Waals surface area contributed by atoms with Gasteiger partial charge in [0.25, 0.3) is 0 Å². The fourth-order valence-electron chi connectivity index (χ4n) is 5.05. The van der Waals surface area contributed by atoms with Crippen molar-refractivity contribution in [2.75, 3.05) is 32.7 Å². The van der Waals surface area contributed by atoms with Gasteiger partial charge in [-0.2, -0.15) is 0 Å². The molecular formula is C23H33N3O3. The van der Waals surface area contributed by atoms with Gasteiger partial charge in [-0.3, -0.25) is 14.5 Å². The van der Waals surface area contributed by atoms with Crippen LogP contribution in [-0.2, 0) is 9.59 Å². The van der Waals surface area contributed by atoms with Crippen LogP contribution in [0.15, 0.2) is 30.3 Å². The minimum atomic E-state index is 0.102. The highest BCUT2D eigenvalue weighted by molar-refractivity contribution is 5.85. The lowest BCUT2D eigenvalue weighted by Crippen LogP contribution is -2.68. The van der Waals surface area contributed by atoms with Crippen molar-refractivity contribution in [2.24, 2.45) is 5.92 Å². The Morgan fingerprint density at radius 2 is 1.86 bits per heavy atom. The lowest BCUT2D eigenvalue weighted by Gasteiger charge is -2.54. The number of piperidine rings is 1. The Bertz CT molecular complexity index is 715. The highest BCUT2D eigenvalue weighted by atomic mass is 16.5. The molecule has 158 valence electrons. The van der Waals surface area contributed by atoms with Crippen LogP contribution < -0.4 is 4.74 Å². The highest BCUT2D eigenvalue weighted by Crippen LogP contribution is 2.36. The zero-order valence-corrected chi connectivity index (χ0v) is 17.6. The Morgan fingerprint density at radius 1 is 1.14 bits per heavy atom. The second kappa shape index (κ2) is 8.74. The zero-order valence-electron chi connectivity index (χ0n) is 17.6. The van der Waals surface area contributed by atoms with Crippen molar-refractivity contribution in [1.29, 1.82) is 0 Å². The molecule has 0 saturated carbocycles. The minimum absolute atomic E-state index is 0.102. The number of ether oxygens (including phenoxy) is 1.